The molecule has 1 saturated heterocycles. The zero-order chi connectivity index (χ0) is 15.2. The Morgan fingerprint density at radius 2 is 2.05 bits per heavy atom. The molecule has 20 heavy (non-hydrogen) atoms. The molecule has 1 aliphatic rings. The fourth-order valence-electron chi connectivity index (χ4n) is 3.03. The second-order valence-corrected chi connectivity index (χ2v) is 7.82. The molecule has 1 unspecified atom stereocenters. The first-order valence-electron chi connectivity index (χ1n) is 8.30. The van der Waals surface area contributed by atoms with Crippen LogP contribution in [0, 0.1) is 10.8 Å². The first kappa shape index (κ1) is 17.5. The predicted molar refractivity (Wildman–Crippen MR) is 85.7 cm³/mol. The third-order valence-electron chi connectivity index (χ3n) is 4.59. The molecule has 118 valence electrons. The molecular weight excluding hydrogens is 248 g/mol. The van der Waals surface area contributed by atoms with Crippen LogP contribution in [0.3, 0.4) is 0 Å². The summed E-state index contributed by atoms with van der Waals surface area (Å²) in [5.74, 6) is 0.179. The summed E-state index contributed by atoms with van der Waals surface area (Å²) in [7, 11) is 0. The van der Waals surface area contributed by atoms with Crippen molar-refractivity contribution in [3.63, 3.8) is 0 Å². The van der Waals surface area contributed by atoms with Crippen LogP contribution in [0.15, 0.2) is 0 Å². The topological polar surface area (TPSA) is 41.1 Å². The Morgan fingerprint density at radius 3 is 2.65 bits per heavy atom. The fraction of sp³-hybridized carbons (Fsp3) is 0.941. The van der Waals surface area contributed by atoms with E-state index in [-0.39, 0.29) is 22.8 Å². The van der Waals surface area contributed by atoms with Crippen molar-refractivity contribution < 1.29 is 4.79 Å². The lowest BCUT2D eigenvalue weighted by molar-refractivity contribution is -0.127. The lowest BCUT2D eigenvalue weighted by Gasteiger charge is -2.39. The van der Waals surface area contributed by atoms with E-state index in [1.54, 1.807) is 0 Å². The molecule has 3 heteroatoms. The van der Waals surface area contributed by atoms with Crippen LogP contribution in [0.2, 0.25) is 0 Å². The molecule has 0 aromatic heterocycles. The third-order valence-corrected chi connectivity index (χ3v) is 4.59. The molecule has 0 bridgehead atoms. The van der Waals surface area contributed by atoms with E-state index in [2.05, 4.69) is 45.3 Å². The Balaban J connectivity index is 2.41. The summed E-state index contributed by atoms with van der Waals surface area (Å²) in [5.41, 5.74) is 0.262. The van der Waals surface area contributed by atoms with Crippen LogP contribution in [0.5, 0.6) is 0 Å². The van der Waals surface area contributed by atoms with Crippen molar-refractivity contribution in [1.82, 2.24) is 10.6 Å². The van der Waals surface area contributed by atoms with Crippen LogP contribution >= 0.6 is 0 Å². The summed E-state index contributed by atoms with van der Waals surface area (Å²) in [6.45, 7) is 12.9. The van der Waals surface area contributed by atoms with Crippen molar-refractivity contribution >= 4 is 5.91 Å². The highest BCUT2D eigenvalue weighted by Crippen LogP contribution is 2.30. The number of carbonyl (C=O) groups is 1. The standard InChI is InChI=1S/C17H34N2O/c1-6-7-8-10-16(2,3)13-19-15(20)14-17(4,5)11-9-12-18-14/h14,18H,6-13H2,1-5H3,(H,19,20). The van der Waals surface area contributed by atoms with Gasteiger partial charge in [-0.1, -0.05) is 53.9 Å². The van der Waals surface area contributed by atoms with Crippen LogP contribution in [0.25, 0.3) is 0 Å². The monoisotopic (exact) mass is 282 g/mol. The lowest BCUT2D eigenvalue weighted by Crippen LogP contribution is -2.56. The van der Waals surface area contributed by atoms with Gasteiger partial charge in [-0.25, -0.2) is 0 Å². The van der Waals surface area contributed by atoms with Gasteiger partial charge in [0.1, 0.15) is 0 Å². The molecule has 1 fully saturated rings. The third kappa shape index (κ3) is 5.43. The highest BCUT2D eigenvalue weighted by Gasteiger charge is 2.37. The molecule has 1 heterocycles. The van der Waals surface area contributed by atoms with Gasteiger partial charge < -0.3 is 10.6 Å². The number of carbonyl (C=O) groups excluding carboxylic acids is 1. The van der Waals surface area contributed by atoms with Crippen molar-refractivity contribution in [2.24, 2.45) is 10.8 Å². The van der Waals surface area contributed by atoms with E-state index in [9.17, 15) is 4.79 Å². The van der Waals surface area contributed by atoms with Crippen molar-refractivity contribution in [3.8, 4) is 0 Å². The molecule has 1 rings (SSSR count). The Kier molecular flexibility index (Phi) is 6.50. The summed E-state index contributed by atoms with van der Waals surface area (Å²) in [4.78, 5) is 12.4. The van der Waals surface area contributed by atoms with Crippen molar-refractivity contribution in [1.29, 1.82) is 0 Å². The van der Waals surface area contributed by atoms with Crippen molar-refractivity contribution in [2.75, 3.05) is 13.1 Å². The summed E-state index contributed by atoms with van der Waals surface area (Å²) < 4.78 is 0. The summed E-state index contributed by atoms with van der Waals surface area (Å²) in [6.07, 6.45) is 7.27. The maximum Gasteiger partial charge on any atom is 0.237 e. The molecule has 0 radical (unpaired) electrons. The van der Waals surface area contributed by atoms with Gasteiger partial charge in [-0.2, -0.15) is 0 Å². The molecule has 0 aliphatic carbocycles. The zero-order valence-electron chi connectivity index (χ0n) is 14.1. The Labute approximate surface area is 125 Å². The Bertz CT molecular complexity index is 310. The number of nitrogens with one attached hydrogen (secondary N) is 2. The van der Waals surface area contributed by atoms with Gasteiger partial charge in [0.15, 0.2) is 0 Å². The highest BCUT2D eigenvalue weighted by atomic mass is 16.2. The molecule has 0 spiro atoms. The minimum atomic E-state index is -0.0392. The van der Waals surface area contributed by atoms with Crippen LogP contribution in [0.1, 0.15) is 73.1 Å². The largest absolute Gasteiger partial charge is 0.354 e. The number of unbranched alkanes of at least 4 members (excludes halogenated alkanes) is 2. The van der Waals surface area contributed by atoms with Crippen molar-refractivity contribution in [3.05, 3.63) is 0 Å². The van der Waals surface area contributed by atoms with Crippen LogP contribution in [-0.2, 0) is 4.79 Å². The first-order valence-corrected chi connectivity index (χ1v) is 8.30. The Hall–Kier alpha value is -0.570. The molecule has 1 amide bonds. The van der Waals surface area contributed by atoms with Gasteiger partial charge in [0.2, 0.25) is 5.91 Å². The molecule has 0 aromatic rings. The number of piperidine rings is 1. The second-order valence-electron chi connectivity index (χ2n) is 7.82. The average Bonchev–Trinajstić information content (AvgIpc) is 2.36. The van der Waals surface area contributed by atoms with E-state index in [1.165, 1.54) is 32.1 Å². The first-order chi connectivity index (χ1) is 9.28. The molecule has 3 nitrogen and oxygen atoms in total. The summed E-state index contributed by atoms with van der Waals surface area (Å²) >= 11 is 0. The number of rotatable bonds is 7. The summed E-state index contributed by atoms with van der Waals surface area (Å²) in [5, 5.41) is 6.56. The van der Waals surface area contributed by atoms with Gasteiger partial charge in [-0.3, -0.25) is 4.79 Å². The lowest BCUT2D eigenvalue weighted by atomic mass is 9.77. The number of amides is 1. The van der Waals surface area contributed by atoms with E-state index in [0.717, 1.165) is 19.5 Å². The maximum absolute atomic E-state index is 12.4. The maximum atomic E-state index is 12.4. The van der Waals surface area contributed by atoms with Gasteiger partial charge in [0.05, 0.1) is 6.04 Å². The van der Waals surface area contributed by atoms with E-state index in [4.69, 9.17) is 0 Å². The minimum Gasteiger partial charge on any atom is -0.354 e. The molecule has 2 N–H and O–H groups in total. The van der Waals surface area contributed by atoms with Gasteiger partial charge in [-0.15, -0.1) is 0 Å². The van der Waals surface area contributed by atoms with E-state index >= 15 is 0 Å². The number of hydrogen-bond acceptors (Lipinski definition) is 2. The molecule has 0 aromatic carbocycles. The van der Waals surface area contributed by atoms with Gasteiger partial charge in [-0.05, 0) is 36.6 Å². The molecule has 1 atom stereocenters. The van der Waals surface area contributed by atoms with Crippen LogP contribution in [0.4, 0.5) is 0 Å². The van der Waals surface area contributed by atoms with E-state index < -0.39 is 0 Å². The Morgan fingerprint density at radius 1 is 1.35 bits per heavy atom. The predicted octanol–water partition coefficient (Wildman–Crippen LogP) is 3.49. The van der Waals surface area contributed by atoms with E-state index in [0.29, 0.717) is 0 Å². The van der Waals surface area contributed by atoms with E-state index in [1.807, 2.05) is 0 Å². The van der Waals surface area contributed by atoms with Crippen LogP contribution in [-0.4, -0.2) is 25.0 Å². The van der Waals surface area contributed by atoms with Crippen LogP contribution < -0.4 is 10.6 Å². The normalized spacial score (nSPS) is 22.6. The quantitative estimate of drug-likeness (QED) is 0.702. The second kappa shape index (κ2) is 7.44. The molecular formula is C17H34N2O. The van der Waals surface area contributed by atoms with Crippen molar-refractivity contribution in [2.45, 2.75) is 79.2 Å². The smallest absolute Gasteiger partial charge is 0.237 e. The average molecular weight is 282 g/mol. The molecule has 1 aliphatic heterocycles. The minimum absolute atomic E-state index is 0.0392. The van der Waals surface area contributed by atoms with Gasteiger partial charge >= 0.3 is 0 Å². The zero-order valence-corrected chi connectivity index (χ0v) is 14.1. The summed E-state index contributed by atoms with van der Waals surface area (Å²) in [6, 6.07) is -0.0392. The molecule has 0 saturated carbocycles. The van der Waals surface area contributed by atoms with Gasteiger partial charge in [0.25, 0.3) is 0 Å². The fourth-order valence-corrected chi connectivity index (χ4v) is 3.03. The highest BCUT2D eigenvalue weighted by molar-refractivity contribution is 5.82. The van der Waals surface area contributed by atoms with Gasteiger partial charge in [0, 0.05) is 6.54 Å². The number of hydrogen-bond donors (Lipinski definition) is 2. The SMILES string of the molecule is CCCCCC(C)(C)CNC(=O)C1NCCCC1(C)C.